The molecule has 3 aliphatic rings. The van der Waals surface area contributed by atoms with Crippen molar-refractivity contribution in [1.82, 2.24) is 19.6 Å². The van der Waals surface area contributed by atoms with Gasteiger partial charge in [-0.3, -0.25) is 14.5 Å². The Hall–Kier alpha value is -2.36. The summed E-state index contributed by atoms with van der Waals surface area (Å²) in [6, 6.07) is -0.0540. The van der Waals surface area contributed by atoms with E-state index in [-0.39, 0.29) is 18.5 Å². The number of carbonyl (C=O) groups is 4. The lowest BCUT2D eigenvalue weighted by molar-refractivity contribution is -0.138. The van der Waals surface area contributed by atoms with E-state index in [1.807, 2.05) is 0 Å². The van der Waals surface area contributed by atoms with Gasteiger partial charge >= 0.3 is 12.1 Å². The molecule has 2 N–H and O–H groups in total. The van der Waals surface area contributed by atoms with Crippen molar-refractivity contribution in [1.29, 1.82) is 0 Å². The maximum Gasteiger partial charge on any atom is 0.409 e. The Morgan fingerprint density at radius 2 is 1.75 bits per heavy atom. The van der Waals surface area contributed by atoms with Crippen LogP contribution in [0.1, 0.15) is 52.9 Å². The average molecular weight is 452 g/mol. The van der Waals surface area contributed by atoms with E-state index in [0.717, 1.165) is 24.2 Å². The monoisotopic (exact) mass is 451 g/mol. The van der Waals surface area contributed by atoms with Crippen LogP contribution in [-0.4, -0.2) is 101 Å². The second-order valence-corrected chi connectivity index (χ2v) is 9.46. The van der Waals surface area contributed by atoms with Gasteiger partial charge in [0.15, 0.2) is 0 Å². The third kappa shape index (κ3) is 4.84. The summed E-state index contributed by atoms with van der Waals surface area (Å²) in [6.45, 7) is 9.20. The summed E-state index contributed by atoms with van der Waals surface area (Å²) in [6.07, 6.45) is 3.36. The zero-order valence-electron chi connectivity index (χ0n) is 19.5. The van der Waals surface area contributed by atoms with Crippen LogP contribution in [0.3, 0.4) is 0 Å². The molecule has 3 rings (SSSR count). The average Bonchev–Trinajstić information content (AvgIpc) is 2.94. The molecular formula is C22H37N5O5. The van der Waals surface area contributed by atoms with Crippen molar-refractivity contribution in [3.8, 4) is 0 Å². The third-order valence-electron chi connectivity index (χ3n) is 7.00. The van der Waals surface area contributed by atoms with Gasteiger partial charge in [-0.05, 0) is 44.9 Å². The normalized spacial score (nSPS) is 22.3. The maximum absolute atomic E-state index is 13.3. The molecule has 0 aromatic rings. The minimum Gasteiger partial charge on any atom is -0.450 e. The summed E-state index contributed by atoms with van der Waals surface area (Å²) in [7, 11) is 0. The molecule has 3 aliphatic heterocycles. The van der Waals surface area contributed by atoms with E-state index in [0.29, 0.717) is 64.1 Å². The van der Waals surface area contributed by atoms with E-state index in [4.69, 9.17) is 10.5 Å². The molecule has 0 bridgehead atoms. The van der Waals surface area contributed by atoms with Gasteiger partial charge in [0.2, 0.25) is 5.91 Å². The SMILES string of the molecule is CCOC(=O)N1CCC(N2CCC3(CC2)C(=O)N(CC(N)=O)C(=O)N3CCC(C)C)CC1. The third-order valence-corrected chi connectivity index (χ3v) is 7.00. The van der Waals surface area contributed by atoms with Crippen LogP contribution in [0.25, 0.3) is 0 Å². The number of hydrogen-bond acceptors (Lipinski definition) is 6. The molecule has 0 saturated carbocycles. The highest BCUT2D eigenvalue weighted by Crippen LogP contribution is 2.38. The Labute approximate surface area is 190 Å². The first-order chi connectivity index (χ1) is 15.2. The molecule has 0 aromatic carbocycles. The second-order valence-electron chi connectivity index (χ2n) is 9.46. The number of amides is 5. The van der Waals surface area contributed by atoms with Crippen molar-refractivity contribution in [2.24, 2.45) is 11.7 Å². The fourth-order valence-corrected chi connectivity index (χ4v) is 5.15. The Morgan fingerprint density at radius 3 is 2.28 bits per heavy atom. The molecule has 180 valence electrons. The number of hydrogen-bond donors (Lipinski definition) is 1. The van der Waals surface area contributed by atoms with Crippen LogP contribution in [0.4, 0.5) is 9.59 Å². The molecule has 3 saturated heterocycles. The molecule has 3 fully saturated rings. The fraction of sp³-hybridized carbons (Fsp3) is 0.818. The molecule has 0 unspecified atom stereocenters. The summed E-state index contributed by atoms with van der Waals surface area (Å²) in [5, 5.41) is 0. The van der Waals surface area contributed by atoms with Gasteiger partial charge in [-0.1, -0.05) is 13.8 Å². The summed E-state index contributed by atoms with van der Waals surface area (Å²) in [4.78, 5) is 56.6. The number of primary amides is 1. The van der Waals surface area contributed by atoms with Crippen molar-refractivity contribution in [2.45, 2.75) is 64.5 Å². The second kappa shape index (κ2) is 10.1. The molecule has 10 heteroatoms. The van der Waals surface area contributed by atoms with Crippen LogP contribution >= 0.6 is 0 Å². The number of rotatable bonds is 7. The van der Waals surface area contributed by atoms with Crippen molar-refractivity contribution < 1.29 is 23.9 Å². The van der Waals surface area contributed by atoms with Gasteiger partial charge in [0.25, 0.3) is 5.91 Å². The minimum atomic E-state index is -0.885. The zero-order valence-corrected chi connectivity index (χ0v) is 19.5. The Balaban J connectivity index is 1.65. The Bertz CT molecular complexity index is 726. The predicted molar refractivity (Wildman–Crippen MR) is 118 cm³/mol. The number of nitrogens with two attached hydrogens (primary N) is 1. The first-order valence-electron chi connectivity index (χ1n) is 11.8. The van der Waals surface area contributed by atoms with Crippen LogP contribution < -0.4 is 5.73 Å². The molecule has 1 spiro atoms. The number of carbonyl (C=O) groups excluding carboxylic acids is 4. The van der Waals surface area contributed by atoms with Crippen LogP contribution in [0.5, 0.6) is 0 Å². The van der Waals surface area contributed by atoms with Gasteiger partial charge in [-0.15, -0.1) is 0 Å². The minimum absolute atomic E-state index is 0.256. The number of imide groups is 1. The number of ether oxygens (including phenoxy) is 1. The van der Waals surface area contributed by atoms with Gasteiger partial charge in [-0.25, -0.2) is 9.59 Å². The molecule has 3 heterocycles. The van der Waals surface area contributed by atoms with E-state index >= 15 is 0 Å². The topological polar surface area (TPSA) is 116 Å². The summed E-state index contributed by atoms with van der Waals surface area (Å²) >= 11 is 0. The molecule has 0 atom stereocenters. The summed E-state index contributed by atoms with van der Waals surface area (Å²) in [5.41, 5.74) is 4.42. The molecule has 32 heavy (non-hydrogen) atoms. The smallest absolute Gasteiger partial charge is 0.409 e. The molecule has 5 amide bonds. The van der Waals surface area contributed by atoms with Crippen LogP contribution in [-0.2, 0) is 14.3 Å². The molecule has 10 nitrogen and oxygen atoms in total. The standard InChI is InChI=1S/C22H37N5O5/c1-4-32-21(31)25-10-6-17(7-11-25)24-13-8-22(9-14-24)19(29)26(15-18(23)28)20(30)27(22)12-5-16(2)3/h16-17H,4-15H2,1-3H3,(H2,23,28). The quantitative estimate of drug-likeness (QED) is 0.582. The van der Waals surface area contributed by atoms with E-state index in [1.165, 1.54) is 0 Å². The molecule has 0 aliphatic carbocycles. The van der Waals surface area contributed by atoms with E-state index in [9.17, 15) is 19.2 Å². The Kier molecular flexibility index (Phi) is 7.63. The first-order valence-corrected chi connectivity index (χ1v) is 11.8. The highest BCUT2D eigenvalue weighted by molar-refractivity contribution is 6.09. The summed E-state index contributed by atoms with van der Waals surface area (Å²) in [5.74, 6) is -0.579. The number of urea groups is 1. The van der Waals surface area contributed by atoms with Gasteiger partial charge in [-0.2, -0.15) is 0 Å². The van der Waals surface area contributed by atoms with Crippen molar-refractivity contribution in [3.05, 3.63) is 0 Å². The van der Waals surface area contributed by atoms with E-state index in [2.05, 4.69) is 18.7 Å². The molecule has 0 aromatic heterocycles. The highest BCUT2D eigenvalue weighted by Gasteiger charge is 2.58. The van der Waals surface area contributed by atoms with Crippen LogP contribution in [0.2, 0.25) is 0 Å². The van der Waals surface area contributed by atoms with Crippen LogP contribution in [0, 0.1) is 5.92 Å². The van der Waals surface area contributed by atoms with Crippen molar-refractivity contribution in [2.75, 3.05) is 45.9 Å². The molecular weight excluding hydrogens is 414 g/mol. The largest absolute Gasteiger partial charge is 0.450 e. The van der Waals surface area contributed by atoms with E-state index < -0.39 is 17.5 Å². The number of likely N-dealkylation sites (tertiary alicyclic amines) is 2. The number of nitrogens with zero attached hydrogens (tertiary/aromatic N) is 4. The zero-order chi connectivity index (χ0) is 23.5. The molecule has 0 radical (unpaired) electrons. The fourth-order valence-electron chi connectivity index (χ4n) is 5.15. The first kappa shape index (κ1) is 24.3. The van der Waals surface area contributed by atoms with Gasteiger partial charge in [0.05, 0.1) is 6.61 Å². The predicted octanol–water partition coefficient (Wildman–Crippen LogP) is 1.24. The van der Waals surface area contributed by atoms with Gasteiger partial charge in [0, 0.05) is 38.8 Å². The number of piperidine rings is 2. The lowest BCUT2D eigenvalue weighted by atomic mass is 9.84. The lowest BCUT2D eigenvalue weighted by Gasteiger charge is -2.46. The van der Waals surface area contributed by atoms with E-state index in [1.54, 1.807) is 16.7 Å². The lowest BCUT2D eigenvalue weighted by Crippen LogP contribution is -2.59. The van der Waals surface area contributed by atoms with Crippen LogP contribution in [0.15, 0.2) is 0 Å². The van der Waals surface area contributed by atoms with Gasteiger partial charge in [0.1, 0.15) is 12.1 Å². The van der Waals surface area contributed by atoms with Gasteiger partial charge < -0.3 is 25.2 Å². The Morgan fingerprint density at radius 1 is 1.12 bits per heavy atom. The van der Waals surface area contributed by atoms with Crippen molar-refractivity contribution in [3.63, 3.8) is 0 Å². The highest BCUT2D eigenvalue weighted by atomic mass is 16.6. The van der Waals surface area contributed by atoms with Crippen molar-refractivity contribution >= 4 is 23.9 Å². The summed E-state index contributed by atoms with van der Waals surface area (Å²) < 4.78 is 5.10. The maximum atomic E-state index is 13.3.